The van der Waals surface area contributed by atoms with Crippen molar-refractivity contribution in [2.75, 3.05) is 16.4 Å². The van der Waals surface area contributed by atoms with Crippen LogP contribution < -0.4 is 10.6 Å². The molecule has 0 unspecified atom stereocenters. The number of halogens is 2. The summed E-state index contributed by atoms with van der Waals surface area (Å²) in [5, 5.41) is 14.7. The van der Waals surface area contributed by atoms with E-state index in [1.165, 1.54) is 11.8 Å². The predicted molar refractivity (Wildman–Crippen MR) is 108 cm³/mol. The van der Waals surface area contributed by atoms with Gasteiger partial charge in [-0.3, -0.25) is 14.4 Å². The highest BCUT2D eigenvalue weighted by Gasteiger charge is 2.08. The summed E-state index contributed by atoms with van der Waals surface area (Å²) in [7, 11) is 0. The number of benzene rings is 2. The molecular weight excluding hydrogens is 411 g/mol. The normalized spacial score (nSPS) is 10.3. The van der Waals surface area contributed by atoms with E-state index in [1.54, 1.807) is 36.4 Å². The van der Waals surface area contributed by atoms with Gasteiger partial charge < -0.3 is 15.7 Å². The minimum Gasteiger partial charge on any atom is -0.481 e. The molecule has 0 radical (unpaired) electrons. The number of amides is 2. The molecule has 2 rings (SSSR count). The highest BCUT2D eigenvalue weighted by molar-refractivity contribution is 8.00. The lowest BCUT2D eigenvalue weighted by molar-refractivity contribution is -0.138. The molecule has 2 aromatic rings. The van der Waals surface area contributed by atoms with E-state index in [1.807, 2.05) is 6.07 Å². The van der Waals surface area contributed by atoms with E-state index in [4.69, 9.17) is 28.3 Å². The summed E-state index contributed by atoms with van der Waals surface area (Å²) < 4.78 is 0. The van der Waals surface area contributed by atoms with Gasteiger partial charge in [0.1, 0.15) is 0 Å². The molecule has 142 valence electrons. The number of carbonyl (C=O) groups excluding carboxylic acids is 2. The first-order chi connectivity index (χ1) is 12.8. The van der Waals surface area contributed by atoms with Gasteiger partial charge in [0.05, 0.1) is 22.2 Å². The van der Waals surface area contributed by atoms with Crippen molar-refractivity contribution in [3.63, 3.8) is 0 Å². The average molecular weight is 427 g/mol. The molecule has 0 spiro atoms. The van der Waals surface area contributed by atoms with Gasteiger partial charge in [-0.2, -0.15) is 0 Å². The van der Waals surface area contributed by atoms with E-state index in [9.17, 15) is 14.4 Å². The topological polar surface area (TPSA) is 95.5 Å². The molecule has 0 aliphatic heterocycles. The summed E-state index contributed by atoms with van der Waals surface area (Å²) in [6.45, 7) is 0. The van der Waals surface area contributed by atoms with Gasteiger partial charge in [-0.1, -0.05) is 29.3 Å². The Balaban J connectivity index is 1.86. The number of carboxylic acid groups (broad SMARTS) is 1. The molecular formula is C18H16Cl2N2O4S. The third-order valence-electron chi connectivity index (χ3n) is 3.26. The van der Waals surface area contributed by atoms with Gasteiger partial charge in [0.15, 0.2) is 0 Å². The molecule has 0 atom stereocenters. The van der Waals surface area contributed by atoms with Gasteiger partial charge in [-0.25, -0.2) is 0 Å². The standard InChI is InChI=1S/C18H16Cl2N2O4S/c19-14-5-4-12(9-15(14)20)22-17(24)10-27-13-3-1-2-11(8-13)21-16(23)6-7-18(25)26/h1-5,8-9H,6-7,10H2,(H,21,23)(H,22,24)(H,25,26). The van der Waals surface area contributed by atoms with Crippen LogP contribution in [0.4, 0.5) is 11.4 Å². The van der Waals surface area contributed by atoms with Crippen LogP contribution in [0.5, 0.6) is 0 Å². The molecule has 0 aromatic heterocycles. The Kier molecular flexibility index (Phi) is 7.97. The van der Waals surface area contributed by atoms with E-state index in [0.717, 1.165) is 4.90 Å². The zero-order valence-electron chi connectivity index (χ0n) is 14.0. The molecule has 0 aliphatic rings. The molecule has 0 saturated heterocycles. The first-order valence-electron chi connectivity index (χ1n) is 7.83. The lowest BCUT2D eigenvalue weighted by atomic mass is 10.2. The Hall–Kier alpha value is -2.22. The summed E-state index contributed by atoms with van der Waals surface area (Å²) in [5.74, 6) is -1.45. The smallest absolute Gasteiger partial charge is 0.303 e. The lowest BCUT2D eigenvalue weighted by Gasteiger charge is -2.08. The maximum Gasteiger partial charge on any atom is 0.303 e. The number of carbonyl (C=O) groups is 3. The Morgan fingerprint density at radius 1 is 0.889 bits per heavy atom. The van der Waals surface area contributed by atoms with Crippen LogP contribution in [0.3, 0.4) is 0 Å². The summed E-state index contributed by atoms with van der Waals surface area (Å²) in [6.07, 6.45) is -0.325. The molecule has 6 nitrogen and oxygen atoms in total. The molecule has 0 heterocycles. The average Bonchev–Trinajstić information content (AvgIpc) is 2.62. The van der Waals surface area contributed by atoms with Crippen LogP contribution in [0.25, 0.3) is 0 Å². The zero-order chi connectivity index (χ0) is 19.8. The van der Waals surface area contributed by atoms with Crippen molar-refractivity contribution in [1.82, 2.24) is 0 Å². The largest absolute Gasteiger partial charge is 0.481 e. The highest BCUT2D eigenvalue weighted by atomic mass is 35.5. The van der Waals surface area contributed by atoms with Crippen LogP contribution in [-0.4, -0.2) is 28.6 Å². The molecule has 0 aliphatic carbocycles. The summed E-state index contributed by atoms with van der Waals surface area (Å²) in [4.78, 5) is 35.0. The van der Waals surface area contributed by atoms with Crippen LogP contribution in [-0.2, 0) is 14.4 Å². The van der Waals surface area contributed by atoms with E-state index in [0.29, 0.717) is 21.4 Å². The second kappa shape index (κ2) is 10.2. The van der Waals surface area contributed by atoms with Crippen LogP contribution in [0.1, 0.15) is 12.8 Å². The van der Waals surface area contributed by atoms with Crippen molar-refractivity contribution < 1.29 is 19.5 Å². The Morgan fingerprint density at radius 2 is 1.59 bits per heavy atom. The number of aliphatic carboxylic acids is 1. The number of thioether (sulfide) groups is 1. The number of carboxylic acids is 1. The second-order valence-electron chi connectivity index (χ2n) is 5.44. The van der Waals surface area contributed by atoms with Crippen LogP contribution in [0, 0.1) is 0 Å². The third-order valence-corrected chi connectivity index (χ3v) is 4.99. The fourth-order valence-electron chi connectivity index (χ4n) is 2.03. The summed E-state index contributed by atoms with van der Waals surface area (Å²) >= 11 is 13.0. The second-order valence-corrected chi connectivity index (χ2v) is 7.30. The number of rotatable bonds is 8. The van der Waals surface area contributed by atoms with Gasteiger partial charge in [0.2, 0.25) is 11.8 Å². The van der Waals surface area contributed by atoms with Crippen molar-refractivity contribution in [1.29, 1.82) is 0 Å². The minimum atomic E-state index is -1.03. The molecule has 27 heavy (non-hydrogen) atoms. The minimum absolute atomic E-state index is 0.0985. The van der Waals surface area contributed by atoms with Crippen LogP contribution >= 0.6 is 35.0 Å². The monoisotopic (exact) mass is 426 g/mol. The molecule has 3 N–H and O–H groups in total. The molecule has 0 bridgehead atoms. The maximum absolute atomic E-state index is 12.1. The maximum atomic E-state index is 12.1. The number of hydrogen-bond acceptors (Lipinski definition) is 4. The Morgan fingerprint density at radius 3 is 2.30 bits per heavy atom. The van der Waals surface area contributed by atoms with Crippen molar-refractivity contribution in [3.8, 4) is 0 Å². The quantitative estimate of drug-likeness (QED) is 0.538. The highest BCUT2D eigenvalue weighted by Crippen LogP contribution is 2.26. The number of anilines is 2. The molecule has 2 aromatic carbocycles. The van der Waals surface area contributed by atoms with E-state index >= 15 is 0 Å². The molecule has 0 saturated carbocycles. The number of hydrogen-bond donors (Lipinski definition) is 3. The van der Waals surface area contributed by atoms with Gasteiger partial charge in [-0.15, -0.1) is 11.8 Å². The fraction of sp³-hybridized carbons (Fsp3) is 0.167. The summed E-state index contributed by atoms with van der Waals surface area (Å²) in [5.41, 5.74) is 1.09. The first kappa shape index (κ1) is 21.1. The Bertz CT molecular complexity index is 861. The molecule has 9 heteroatoms. The van der Waals surface area contributed by atoms with Crippen molar-refractivity contribution in [2.24, 2.45) is 0 Å². The van der Waals surface area contributed by atoms with Gasteiger partial charge >= 0.3 is 5.97 Å². The first-order valence-corrected chi connectivity index (χ1v) is 9.57. The van der Waals surface area contributed by atoms with Crippen LogP contribution in [0.2, 0.25) is 10.0 Å². The van der Waals surface area contributed by atoms with E-state index in [2.05, 4.69) is 10.6 Å². The van der Waals surface area contributed by atoms with Gasteiger partial charge in [0, 0.05) is 22.7 Å². The number of nitrogens with one attached hydrogen (secondary N) is 2. The molecule has 0 fully saturated rings. The van der Waals surface area contributed by atoms with Crippen molar-refractivity contribution in [2.45, 2.75) is 17.7 Å². The van der Waals surface area contributed by atoms with Gasteiger partial charge in [-0.05, 0) is 36.4 Å². The van der Waals surface area contributed by atoms with E-state index in [-0.39, 0.29) is 30.4 Å². The molecule has 2 amide bonds. The van der Waals surface area contributed by atoms with Crippen molar-refractivity contribution in [3.05, 3.63) is 52.5 Å². The van der Waals surface area contributed by atoms with E-state index < -0.39 is 5.97 Å². The van der Waals surface area contributed by atoms with Gasteiger partial charge in [0.25, 0.3) is 0 Å². The predicted octanol–water partition coefficient (Wildman–Crippen LogP) is 4.53. The third kappa shape index (κ3) is 7.50. The SMILES string of the molecule is O=C(O)CCC(=O)Nc1cccc(SCC(=O)Nc2ccc(Cl)c(Cl)c2)c1. The Labute approximate surface area is 170 Å². The fourth-order valence-corrected chi connectivity index (χ4v) is 3.08. The summed E-state index contributed by atoms with van der Waals surface area (Å²) in [6, 6.07) is 11.8. The zero-order valence-corrected chi connectivity index (χ0v) is 16.3. The van der Waals surface area contributed by atoms with Crippen LogP contribution in [0.15, 0.2) is 47.4 Å². The van der Waals surface area contributed by atoms with Crippen molar-refractivity contribution >= 4 is 64.1 Å². The lowest BCUT2D eigenvalue weighted by Crippen LogP contribution is -2.14.